The molecule has 2 spiro atoms. The number of aliphatic hydroxyl groups is 1. The largest absolute Gasteiger partial charge is 0.480 e. The SMILES string of the molecule is CC1CCCCC12OC(=O)C(=CC=C1C=C(C=CC3=C(O)OC4(CCCCC4C)OC3=O)CC(C)(C)C1)C(=O)O2. The van der Waals surface area contributed by atoms with Crippen molar-refractivity contribution in [2.75, 3.05) is 0 Å². The zero-order chi connectivity index (χ0) is 28.7. The topological polar surface area (TPSA) is 108 Å². The highest BCUT2D eigenvalue weighted by Gasteiger charge is 2.51. The maximum absolute atomic E-state index is 12.9. The van der Waals surface area contributed by atoms with E-state index in [-0.39, 0.29) is 28.4 Å². The number of ether oxygens (including phenoxy) is 4. The lowest BCUT2D eigenvalue weighted by Gasteiger charge is -2.43. The van der Waals surface area contributed by atoms with Crippen molar-refractivity contribution >= 4 is 17.9 Å². The van der Waals surface area contributed by atoms with Gasteiger partial charge in [0, 0.05) is 24.7 Å². The van der Waals surface area contributed by atoms with Crippen molar-refractivity contribution in [3.8, 4) is 0 Å². The molecule has 216 valence electrons. The molecule has 0 bridgehead atoms. The molecular formula is C32H40O8. The van der Waals surface area contributed by atoms with Gasteiger partial charge in [0.1, 0.15) is 11.1 Å². The predicted molar refractivity (Wildman–Crippen MR) is 146 cm³/mol. The first-order valence-electron chi connectivity index (χ1n) is 14.5. The van der Waals surface area contributed by atoms with Crippen LogP contribution in [0.3, 0.4) is 0 Å². The number of hydrogen-bond donors (Lipinski definition) is 1. The van der Waals surface area contributed by atoms with E-state index in [2.05, 4.69) is 13.8 Å². The molecule has 0 radical (unpaired) electrons. The maximum Gasteiger partial charge on any atom is 0.348 e. The molecule has 0 aromatic rings. The molecule has 0 aromatic heterocycles. The van der Waals surface area contributed by atoms with E-state index >= 15 is 0 Å². The zero-order valence-corrected chi connectivity index (χ0v) is 23.9. The lowest BCUT2D eigenvalue weighted by Crippen LogP contribution is -2.52. The van der Waals surface area contributed by atoms with Crippen LogP contribution in [0.5, 0.6) is 0 Å². The number of allylic oxidation sites excluding steroid dienone is 6. The average molecular weight is 553 g/mol. The lowest BCUT2D eigenvalue weighted by atomic mass is 9.75. The predicted octanol–water partition coefficient (Wildman–Crippen LogP) is 6.40. The Bertz CT molecular complexity index is 1230. The molecular weight excluding hydrogens is 512 g/mol. The minimum absolute atomic E-state index is 0.00289. The Morgan fingerprint density at radius 2 is 1.35 bits per heavy atom. The van der Waals surface area contributed by atoms with Crippen molar-refractivity contribution in [2.45, 2.75) is 103 Å². The molecule has 8 heteroatoms. The summed E-state index contributed by atoms with van der Waals surface area (Å²) in [6.07, 6.45) is 16.5. The Balaban J connectivity index is 1.34. The maximum atomic E-state index is 12.9. The van der Waals surface area contributed by atoms with Crippen molar-refractivity contribution in [1.82, 2.24) is 0 Å². The van der Waals surface area contributed by atoms with Crippen LogP contribution in [0.1, 0.15) is 91.9 Å². The number of esters is 3. The van der Waals surface area contributed by atoms with Crippen molar-refractivity contribution < 1.29 is 38.4 Å². The molecule has 40 heavy (non-hydrogen) atoms. The molecule has 5 aliphatic rings. The third kappa shape index (κ3) is 5.50. The van der Waals surface area contributed by atoms with Crippen LogP contribution in [0.2, 0.25) is 0 Å². The fourth-order valence-corrected chi connectivity index (χ4v) is 6.63. The second-order valence-corrected chi connectivity index (χ2v) is 12.8. The van der Waals surface area contributed by atoms with Crippen LogP contribution in [0, 0.1) is 17.3 Å². The first-order chi connectivity index (χ1) is 18.9. The summed E-state index contributed by atoms with van der Waals surface area (Å²) >= 11 is 0. The summed E-state index contributed by atoms with van der Waals surface area (Å²) in [5.74, 6) is -4.59. The van der Waals surface area contributed by atoms with Crippen LogP contribution >= 0.6 is 0 Å². The van der Waals surface area contributed by atoms with E-state index in [1.54, 1.807) is 12.2 Å². The summed E-state index contributed by atoms with van der Waals surface area (Å²) < 4.78 is 22.9. The molecule has 2 aliphatic heterocycles. The summed E-state index contributed by atoms with van der Waals surface area (Å²) in [5, 5.41) is 10.6. The normalized spacial score (nSPS) is 35.4. The summed E-state index contributed by atoms with van der Waals surface area (Å²) in [6, 6.07) is 0. The van der Waals surface area contributed by atoms with Gasteiger partial charge in [0.15, 0.2) is 0 Å². The number of carbonyl (C=O) groups excluding carboxylic acids is 3. The van der Waals surface area contributed by atoms with Crippen LogP contribution in [0.15, 0.2) is 58.6 Å². The second kappa shape index (κ2) is 10.6. The highest BCUT2D eigenvalue weighted by Crippen LogP contribution is 2.44. The van der Waals surface area contributed by atoms with Gasteiger partial charge in [-0.3, -0.25) is 0 Å². The molecule has 0 aromatic carbocycles. The van der Waals surface area contributed by atoms with E-state index in [0.29, 0.717) is 12.8 Å². The van der Waals surface area contributed by atoms with Gasteiger partial charge < -0.3 is 24.1 Å². The van der Waals surface area contributed by atoms with Gasteiger partial charge in [0.05, 0.1) is 0 Å². The van der Waals surface area contributed by atoms with Crippen molar-refractivity contribution in [2.24, 2.45) is 17.3 Å². The summed E-state index contributed by atoms with van der Waals surface area (Å²) in [5.41, 5.74) is 1.58. The summed E-state index contributed by atoms with van der Waals surface area (Å²) in [4.78, 5) is 38.5. The van der Waals surface area contributed by atoms with Gasteiger partial charge in [-0.25, -0.2) is 14.4 Å². The van der Waals surface area contributed by atoms with Crippen molar-refractivity contribution in [3.63, 3.8) is 0 Å². The molecule has 3 atom stereocenters. The van der Waals surface area contributed by atoms with Crippen LogP contribution in [0.4, 0.5) is 0 Å². The first-order valence-corrected chi connectivity index (χ1v) is 14.5. The Kier molecular flexibility index (Phi) is 7.48. The van der Waals surface area contributed by atoms with E-state index in [1.807, 2.05) is 19.9 Å². The van der Waals surface area contributed by atoms with E-state index in [4.69, 9.17) is 18.9 Å². The third-order valence-electron chi connectivity index (χ3n) is 8.95. The quantitative estimate of drug-likeness (QED) is 0.244. The van der Waals surface area contributed by atoms with Gasteiger partial charge in [0.25, 0.3) is 17.5 Å². The number of aliphatic hydroxyl groups excluding tert-OH is 1. The molecule has 1 N–H and O–H groups in total. The van der Waals surface area contributed by atoms with E-state index in [0.717, 1.165) is 62.5 Å². The molecule has 3 unspecified atom stereocenters. The fourth-order valence-electron chi connectivity index (χ4n) is 6.63. The zero-order valence-electron chi connectivity index (χ0n) is 23.9. The first kappa shape index (κ1) is 28.2. The van der Waals surface area contributed by atoms with E-state index in [9.17, 15) is 19.5 Å². The minimum Gasteiger partial charge on any atom is -0.480 e. The third-order valence-corrected chi connectivity index (χ3v) is 8.95. The van der Waals surface area contributed by atoms with Gasteiger partial charge in [0.2, 0.25) is 0 Å². The average Bonchev–Trinajstić information content (AvgIpc) is 2.86. The van der Waals surface area contributed by atoms with Gasteiger partial charge in [-0.15, -0.1) is 0 Å². The van der Waals surface area contributed by atoms with Crippen LogP contribution in [-0.2, 0) is 33.3 Å². The highest BCUT2D eigenvalue weighted by atomic mass is 16.8. The van der Waals surface area contributed by atoms with Crippen molar-refractivity contribution in [3.05, 3.63) is 58.6 Å². The summed E-state index contributed by atoms with van der Waals surface area (Å²) in [7, 11) is 0. The highest BCUT2D eigenvalue weighted by molar-refractivity contribution is 6.15. The number of rotatable bonds is 3. The Morgan fingerprint density at radius 3 is 1.93 bits per heavy atom. The monoisotopic (exact) mass is 552 g/mol. The molecule has 5 rings (SSSR count). The Hall–Kier alpha value is -3.29. The fraction of sp³-hybridized carbons (Fsp3) is 0.594. The van der Waals surface area contributed by atoms with E-state index < -0.39 is 35.4 Å². The van der Waals surface area contributed by atoms with Crippen LogP contribution in [0.25, 0.3) is 0 Å². The Morgan fingerprint density at radius 1 is 0.775 bits per heavy atom. The molecule has 8 nitrogen and oxygen atoms in total. The van der Waals surface area contributed by atoms with Crippen LogP contribution in [-0.4, -0.2) is 34.6 Å². The number of hydrogen-bond acceptors (Lipinski definition) is 8. The molecule has 1 saturated heterocycles. The van der Waals surface area contributed by atoms with E-state index in [1.165, 1.54) is 12.2 Å². The minimum atomic E-state index is -1.15. The standard InChI is InChI=1S/C32H40O8/c1-20-9-5-7-15-31(20)37-26(33)24(27(34)38-31)13-11-22-17-23(19-30(3,4)18-22)12-14-25-28(35)39-32(40-29(25)36)16-8-6-10-21(32)2/h11-14,17,20-21,33H,5-10,15-16,18-19H2,1-4H3. The molecule has 0 amide bonds. The Labute approximate surface area is 235 Å². The molecule has 2 saturated carbocycles. The van der Waals surface area contributed by atoms with Crippen LogP contribution < -0.4 is 0 Å². The second-order valence-electron chi connectivity index (χ2n) is 12.8. The molecule has 3 fully saturated rings. The van der Waals surface area contributed by atoms with Gasteiger partial charge >= 0.3 is 17.9 Å². The smallest absolute Gasteiger partial charge is 0.348 e. The van der Waals surface area contributed by atoms with Gasteiger partial charge in [-0.05, 0) is 67.2 Å². The van der Waals surface area contributed by atoms with Gasteiger partial charge in [-0.1, -0.05) is 58.8 Å². The van der Waals surface area contributed by atoms with Crippen molar-refractivity contribution in [1.29, 1.82) is 0 Å². The lowest BCUT2D eigenvalue weighted by molar-refractivity contribution is -0.269. The molecule has 3 aliphatic carbocycles. The van der Waals surface area contributed by atoms with Gasteiger partial charge in [-0.2, -0.15) is 0 Å². The number of carbonyl (C=O) groups is 3. The molecule has 2 heterocycles. The summed E-state index contributed by atoms with van der Waals surface area (Å²) in [6.45, 7) is 8.16.